The van der Waals surface area contributed by atoms with Crippen molar-refractivity contribution in [1.29, 1.82) is 0 Å². The standard InChI is InChI=1S/C25H27N3OS/c1-18(2)13-15-27(25(29)24-19(3)14-16-30-24)17-23-26-21-11-7-8-12-22(21)28(23)20-9-5-4-6-10-20/h4-12,14,16,18H,13,15,17H2,1-3H3. The maximum absolute atomic E-state index is 13.4. The highest BCUT2D eigenvalue weighted by Gasteiger charge is 2.22. The van der Waals surface area contributed by atoms with Crippen LogP contribution in [-0.2, 0) is 6.54 Å². The van der Waals surface area contributed by atoms with Gasteiger partial charge in [0.1, 0.15) is 5.82 Å². The average molecular weight is 418 g/mol. The SMILES string of the molecule is Cc1ccsc1C(=O)N(CCC(C)C)Cc1nc2ccccc2n1-c1ccccc1. The Kier molecular flexibility index (Phi) is 6.00. The lowest BCUT2D eigenvalue weighted by atomic mass is 10.1. The first-order valence-electron chi connectivity index (χ1n) is 10.4. The third-order valence-electron chi connectivity index (χ3n) is 5.30. The molecule has 4 nitrogen and oxygen atoms in total. The summed E-state index contributed by atoms with van der Waals surface area (Å²) in [6.45, 7) is 7.58. The smallest absolute Gasteiger partial charge is 0.264 e. The molecule has 0 radical (unpaired) electrons. The Balaban J connectivity index is 1.76. The number of hydrogen-bond donors (Lipinski definition) is 0. The molecule has 0 spiro atoms. The highest BCUT2D eigenvalue weighted by Crippen LogP contribution is 2.25. The Morgan fingerprint density at radius 2 is 1.80 bits per heavy atom. The summed E-state index contributed by atoms with van der Waals surface area (Å²) < 4.78 is 2.17. The molecule has 0 bridgehead atoms. The minimum atomic E-state index is 0.0924. The van der Waals surface area contributed by atoms with Crippen molar-refractivity contribution < 1.29 is 4.79 Å². The van der Waals surface area contributed by atoms with Crippen molar-refractivity contribution in [3.8, 4) is 5.69 Å². The molecule has 0 aliphatic carbocycles. The summed E-state index contributed by atoms with van der Waals surface area (Å²) in [6, 6.07) is 20.4. The molecule has 4 aromatic rings. The third-order valence-corrected chi connectivity index (χ3v) is 6.30. The molecule has 0 aliphatic heterocycles. The number of hydrogen-bond acceptors (Lipinski definition) is 3. The van der Waals surface area contributed by atoms with Crippen LogP contribution in [0.3, 0.4) is 0 Å². The Hall–Kier alpha value is -2.92. The molecule has 2 heterocycles. The molecule has 0 fully saturated rings. The molecule has 154 valence electrons. The Morgan fingerprint density at radius 1 is 1.07 bits per heavy atom. The van der Waals surface area contributed by atoms with E-state index in [-0.39, 0.29) is 5.91 Å². The van der Waals surface area contributed by atoms with Crippen molar-refractivity contribution in [3.63, 3.8) is 0 Å². The first kappa shape index (κ1) is 20.4. The summed E-state index contributed by atoms with van der Waals surface area (Å²) in [6.07, 6.45) is 0.960. The van der Waals surface area contributed by atoms with E-state index < -0.39 is 0 Å². The fourth-order valence-corrected chi connectivity index (χ4v) is 4.51. The topological polar surface area (TPSA) is 38.1 Å². The van der Waals surface area contributed by atoms with Crippen LogP contribution >= 0.6 is 11.3 Å². The predicted octanol–water partition coefficient (Wildman–Crippen LogP) is 6.08. The Labute approximate surface area is 181 Å². The van der Waals surface area contributed by atoms with E-state index in [1.54, 1.807) is 0 Å². The first-order valence-corrected chi connectivity index (χ1v) is 11.3. The van der Waals surface area contributed by atoms with Crippen molar-refractivity contribution in [2.24, 2.45) is 5.92 Å². The summed E-state index contributed by atoms with van der Waals surface area (Å²) in [5, 5.41) is 1.99. The lowest BCUT2D eigenvalue weighted by Gasteiger charge is -2.24. The van der Waals surface area contributed by atoms with E-state index in [4.69, 9.17) is 4.98 Å². The van der Waals surface area contributed by atoms with Crippen LogP contribution in [0.25, 0.3) is 16.7 Å². The van der Waals surface area contributed by atoms with Gasteiger partial charge in [0.25, 0.3) is 5.91 Å². The predicted molar refractivity (Wildman–Crippen MR) is 124 cm³/mol. The van der Waals surface area contributed by atoms with Gasteiger partial charge in [0.05, 0.1) is 22.5 Å². The van der Waals surface area contributed by atoms with Gasteiger partial charge >= 0.3 is 0 Å². The molecular weight excluding hydrogens is 390 g/mol. The molecule has 1 amide bonds. The minimum absolute atomic E-state index is 0.0924. The number of benzene rings is 2. The summed E-state index contributed by atoms with van der Waals surface area (Å²) in [7, 11) is 0. The summed E-state index contributed by atoms with van der Waals surface area (Å²) in [5.74, 6) is 1.50. The van der Waals surface area contributed by atoms with Gasteiger partial charge in [-0.05, 0) is 60.5 Å². The maximum atomic E-state index is 13.4. The van der Waals surface area contributed by atoms with Gasteiger partial charge in [-0.15, -0.1) is 11.3 Å². The van der Waals surface area contributed by atoms with E-state index in [0.717, 1.165) is 39.4 Å². The molecule has 0 saturated heterocycles. The van der Waals surface area contributed by atoms with E-state index in [9.17, 15) is 4.79 Å². The van der Waals surface area contributed by atoms with Crippen molar-refractivity contribution >= 4 is 28.3 Å². The van der Waals surface area contributed by atoms with E-state index in [1.807, 2.05) is 59.7 Å². The highest BCUT2D eigenvalue weighted by atomic mass is 32.1. The number of aromatic nitrogens is 2. The van der Waals surface area contributed by atoms with E-state index in [1.165, 1.54) is 11.3 Å². The number of carbonyl (C=O) groups is 1. The fraction of sp³-hybridized carbons (Fsp3) is 0.280. The van der Waals surface area contributed by atoms with Gasteiger partial charge in [-0.3, -0.25) is 9.36 Å². The lowest BCUT2D eigenvalue weighted by Crippen LogP contribution is -2.33. The number of thiophene rings is 1. The van der Waals surface area contributed by atoms with Crippen molar-refractivity contribution in [1.82, 2.24) is 14.5 Å². The number of fused-ring (bicyclic) bond motifs is 1. The second-order valence-corrected chi connectivity index (χ2v) is 8.95. The second-order valence-electron chi connectivity index (χ2n) is 8.03. The molecule has 0 saturated carbocycles. The van der Waals surface area contributed by atoms with Crippen LogP contribution in [0.2, 0.25) is 0 Å². The molecule has 0 atom stereocenters. The van der Waals surface area contributed by atoms with Gasteiger partial charge in [-0.2, -0.15) is 0 Å². The van der Waals surface area contributed by atoms with Crippen molar-refractivity contribution in [2.75, 3.05) is 6.54 Å². The van der Waals surface area contributed by atoms with Crippen LogP contribution in [0.15, 0.2) is 66.0 Å². The third kappa shape index (κ3) is 4.17. The molecule has 0 aliphatic rings. The Bertz CT molecular complexity index is 1140. The number of imidazole rings is 1. The van der Waals surface area contributed by atoms with Gasteiger partial charge in [0.2, 0.25) is 0 Å². The van der Waals surface area contributed by atoms with Gasteiger partial charge in [-0.25, -0.2) is 4.98 Å². The van der Waals surface area contributed by atoms with Crippen LogP contribution in [-0.4, -0.2) is 26.9 Å². The number of nitrogens with zero attached hydrogens (tertiary/aromatic N) is 3. The van der Waals surface area contributed by atoms with Crippen LogP contribution in [0, 0.1) is 12.8 Å². The monoisotopic (exact) mass is 417 g/mol. The summed E-state index contributed by atoms with van der Waals surface area (Å²) in [4.78, 5) is 21.1. The molecular formula is C25H27N3OS. The van der Waals surface area contributed by atoms with Gasteiger partial charge in [0, 0.05) is 12.2 Å². The zero-order valence-electron chi connectivity index (χ0n) is 17.7. The Morgan fingerprint density at radius 3 is 2.50 bits per heavy atom. The number of para-hydroxylation sites is 3. The van der Waals surface area contributed by atoms with Crippen molar-refractivity contribution in [2.45, 2.75) is 33.7 Å². The number of rotatable bonds is 7. The van der Waals surface area contributed by atoms with Crippen LogP contribution in [0.1, 0.15) is 41.3 Å². The van der Waals surface area contributed by atoms with Gasteiger partial charge in [-0.1, -0.05) is 44.2 Å². The minimum Gasteiger partial charge on any atom is -0.330 e. The molecule has 2 aromatic heterocycles. The maximum Gasteiger partial charge on any atom is 0.264 e. The zero-order chi connectivity index (χ0) is 21.1. The first-order chi connectivity index (χ1) is 14.5. The molecule has 4 rings (SSSR count). The van der Waals surface area contributed by atoms with E-state index in [0.29, 0.717) is 19.0 Å². The van der Waals surface area contributed by atoms with Gasteiger partial charge in [0.15, 0.2) is 0 Å². The van der Waals surface area contributed by atoms with E-state index >= 15 is 0 Å². The zero-order valence-corrected chi connectivity index (χ0v) is 18.5. The van der Waals surface area contributed by atoms with Crippen LogP contribution in [0.5, 0.6) is 0 Å². The highest BCUT2D eigenvalue weighted by molar-refractivity contribution is 7.12. The molecule has 0 unspecified atom stereocenters. The molecule has 30 heavy (non-hydrogen) atoms. The number of carbonyl (C=O) groups excluding carboxylic acids is 1. The van der Waals surface area contributed by atoms with Crippen molar-refractivity contribution in [3.05, 3.63) is 82.3 Å². The number of aryl methyl sites for hydroxylation is 1. The average Bonchev–Trinajstić information content (AvgIpc) is 3.34. The van der Waals surface area contributed by atoms with Crippen LogP contribution in [0.4, 0.5) is 0 Å². The largest absolute Gasteiger partial charge is 0.330 e. The fourth-order valence-electron chi connectivity index (χ4n) is 3.62. The quantitative estimate of drug-likeness (QED) is 0.365. The molecule has 0 N–H and O–H groups in total. The lowest BCUT2D eigenvalue weighted by molar-refractivity contribution is 0.0735. The summed E-state index contributed by atoms with van der Waals surface area (Å²) in [5.41, 5.74) is 4.10. The molecule has 2 aromatic carbocycles. The van der Waals surface area contributed by atoms with E-state index in [2.05, 4.69) is 36.6 Å². The summed E-state index contributed by atoms with van der Waals surface area (Å²) >= 11 is 1.52. The van der Waals surface area contributed by atoms with Crippen LogP contribution < -0.4 is 0 Å². The molecule has 5 heteroatoms. The number of amides is 1. The van der Waals surface area contributed by atoms with Gasteiger partial charge < -0.3 is 4.90 Å². The normalized spacial score (nSPS) is 11.3. The second kappa shape index (κ2) is 8.84.